The molecule has 1 aliphatic carbocycles. The summed E-state index contributed by atoms with van der Waals surface area (Å²) in [6, 6.07) is 5.89. The van der Waals surface area contributed by atoms with E-state index >= 15 is 0 Å². The molecule has 3 heterocycles. The van der Waals surface area contributed by atoms with Crippen LogP contribution in [0, 0.1) is 0 Å². The summed E-state index contributed by atoms with van der Waals surface area (Å²) >= 11 is 0. The van der Waals surface area contributed by atoms with E-state index in [-0.39, 0.29) is 0 Å². The van der Waals surface area contributed by atoms with Gasteiger partial charge in [0.15, 0.2) is 5.82 Å². The van der Waals surface area contributed by atoms with Crippen molar-refractivity contribution in [2.75, 3.05) is 5.73 Å². The lowest BCUT2D eigenvalue weighted by molar-refractivity contribution is 0.900. The largest absolute Gasteiger partial charge is 0.383 e. The zero-order valence-corrected chi connectivity index (χ0v) is 10.4. The van der Waals surface area contributed by atoms with Crippen LogP contribution in [0.5, 0.6) is 0 Å². The third kappa shape index (κ3) is 1.58. The molecule has 0 saturated carbocycles. The molecule has 0 unspecified atom stereocenters. The second kappa shape index (κ2) is 3.78. The number of aromatic nitrogens is 4. The van der Waals surface area contributed by atoms with Crippen molar-refractivity contribution in [3.05, 3.63) is 41.9 Å². The highest BCUT2D eigenvalue weighted by atomic mass is 15.0. The topological polar surface area (TPSA) is 69.1 Å². The van der Waals surface area contributed by atoms with Gasteiger partial charge in [-0.1, -0.05) is 6.07 Å². The number of anilines is 1. The average Bonchev–Trinajstić information content (AvgIpc) is 3.04. The first-order chi connectivity index (χ1) is 9.31. The van der Waals surface area contributed by atoms with E-state index in [9.17, 15) is 0 Å². The van der Waals surface area contributed by atoms with Crippen LogP contribution >= 0.6 is 0 Å². The van der Waals surface area contributed by atoms with Crippen LogP contribution in [0.3, 0.4) is 0 Å². The van der Waals surface area contributed by atoms with Crippen molar-refractivity contribution in [3.8, 4) is 11.5 Å². The molecule has 0 aliphatic heterocycles. The minimum absolute atomic E-state index is 0.606. The Labute approximate surface area is 110 Å². The van der Waals surface area contributed by atoms with E-state index in [0.717, 1.165) is 41.9 Å². The number of fused-ring (bicyclic) bond motifs is 2. The first-order valence-electron chi connectivity index (χ1n) is 6.40. The number of nitrogen functional groups attached to an aromatic ring is 1. The predicted octanol–water partition coefficient (Wildman–Crippen LogP) is 1.86. The van der Waals surface area contributed by atoms with E-state index in [4.69, 9.17) is 5.73 Å². The lowest BCUT2D eigenvalue weighted by Gasteiger charge is -2.04. The Kier molecular flexibility index (Phi) is 2.09. The molecule has 5 nitrogen and oxygen atoms in total. The highest BCUT2D eigenvalue weighted by Gasteiger charge is 2.19. The summed E-state index contributed by atoms with van der Waals surface area (Å²) in [7, 11) is 0. The molecule has 0 aromatic carbocycles. The van der Waals surface area contributed by atoms with Crippen molar-refractivity contribution < 1.29 is 0 Å². The molecule has 3 aromatic rings. The molecule has 3 aromatic heterocycles. The Morgan fingerprint density at radius 2 is 2.05 bits per heavy atom. The maximum Gasteiger partial charge on any atom is 0.182 e. The summed E-state index contributed by atoms with van der Waals surface area (Å²) in [5, 5.41) is 0. The quantitative estimate of drug-likeness (QED) is 0.716. The normalized spacial score (nSPS) is 13.9. The van der Waals surface area contributed by atoms with E-state index in [1.807, 2.05) is 35.0 Å². The van der Waals surface area contributed by atoms with Crippen LogP contribution in [-0.4, -0.2) is 19.4 Å². The Balaban J connectivity index is 1.90. The first kappa shape index (κ1) is 10.5. The van der Waals surface area contributed by atoms with Crippen molar-refractivity contribution in [2.24, 2.45) is 0 Å². The number of imidazole rings is 1. The van der Waals surface area contributed by atoms with E-state index in [0.29, 0.717) is 11.6 Å². The molecule has 0 amide bonds. The maximum atomic E-state index is 6.02. The fourth-order valence-electron chi connectivity index (χ4n) is 2.62. The smallest absolute Gasteiger partial charge is 0.182 e. The minimum Gasteiger partial charge on any atom is -0.383 e. The van der Waals surface area contributed by atoms with Crippen LogP contribution in [0.15, 0.2) is 30.6 Å². The molecule has 1 aliphatic rings. The standard InChI is InChI=1S/C14H13N5/c15-13-9-4-3-5-10(9)17-14(18-13)11-8-19-7-2-1-6-12(19)16-11/h1-2,6-8H,3-5H2,(H2,15,17,18). The van der Waals surface area contributed by atoms with Gasteiger partial charge < -0.3 is 10.1 Å². The molecular formula is C14H13N5. The Morgan fingerprint density at radius 3 is 2.95 bits per heavy atom. The van der Waals surface area contributed by atoms with Gasteiger partial charge in [0.25, 0.3) is 0 Å². The average molecular weight is 251 g/mol. The Hall–Kier alpha value is -2.43. The van der Waals surface area contributed by atoms with Crippen LogP contribution in [0.2, 0.25) is 0 Å². The number of nitrogens with zero attached hydrogens (tertiary/aromatic N) is 4. The second-order valence-electron chi connectivity index (χ2n) is 4.80. The van der Waals surface area contributed by atoms with Crippen molar-refractivity contribution in [1.29, 1.82) is 0 Å². The summed E-state index contributed by atoms with van der Waals surface area (Å²) in [5.74, 6) is 1.23. The van der Waals surface area contributed by atoms with Crippen LogP contribution in [0.25, 0.3) is 17.2 Å². The minimum atomic E-state index is 0.606. The second-order valence-corrected chi connectivity index (χ2v) is 4.80. The molecule has 19 heavy (non-hydrogen) atoms. The molecule has 4 rings (SSSR count). The zero-order chi connectivity index (χ0) is 12.8. The van der Waals surface area contributed by atoms with Gasteiger partial charge in [-0.3, -0.25) is 0 Å². The SMILES string of the molecule is Nc1nc(-c2cn3ccccc3n2)nc2c1CCC2. The highest BCUT2D eigenvalue weighted by Crippen LogP contribution is 2.27. The van der Waals surface area contributed by atoms with Crippen LogP contribution in [-0.2, 0) is 12.8 Å². The van der Waals surface area contributed by atoms with Crippen LogP contribution in [0.4, 0.5) is 5.82 Å². The van der Waals surface area contributed by atoms with Crippen molar-refractivity contribution in [1.82, 2.24) is 19.4 Å². The molecular weight excluding hydrogens is 238 g/mol. The van der Waals surface area contributed by atoms with Gasteiger partial charge in [-0.15, -0.1) is 0 Å². The molecule has 0 radical (unpaired) electrons. The number of rotatable bonds is 1. The zero-order valence-electron chi connectivity index (χ0n) is 10.4. The van der Waals surface area contributed by atoms with Gasteiger partial charge in [-0.2, -0.15) is 0 Å². The van der Waals surface area contributed by atoms with Crippen molar-refractivity contribution in [3.63, 3.8) is 0 Å². The highest BCUT2D eigenvalue weighted by molar-refractivity contribution is 5.59. The van der Waals surface area contributed by atoms with E-state index in [2.05, 4.69) is 15.0 Å². The maximum absolute atomic E-state index is 6.02. The Morgan fingerprint density at radius 1 is 1.11 bits per heavy atom. The molecule has 0 spiro atoms. The summed E-state index contributed by atoms with van der Waals surface area (Å²) < 4.78 is 1.96. The fourth-order valence-corrected chi connectivity index (χ4v) is 2.62. The summed E-state index contributed by atoms with van der Waals surface area (Å²) in [5.41, 5.74) is 9.88. The summed E-state index contributed by atoms with van der Waals surface area (Å²) in [6.45, 7) is 0. The van der Waals surface area contributed by atoms with Gasteiger partial charge in [0.05, 0.1) is 0 Å². The molecule has 0 atom stereocenters. The number of nitrogens with two attached hydrogens (primary N) is 1. The van der Waals surface area contributed by atoms with Gasteiger partial charge in [0.2, 0.25) is 0 Å². The molecule has 5 heteroatoms. The first-order valence-corrected chi connectivity index (χ1v) is 6.40. The summed E-state index contributed by atoms with van der Waals surface area (Å²) in [4.78, 5) is 13.5. The molecule has 2 N–H and O–H groups in total. The van der Waals surface area contributed by atoms with Crippen molar-refractivity contribution >= 4 is 11.5 Å². The van der Waals surface area contributed by atoms with Crippen LogP contribution < -0.4 is 5.73 Å². The molecule has 94 valence electrons. The molecule has 0 bridgehead atoms. The number of hydrogen-bond donors (Lipinski definition) is 1. The third-order valence-electron chi connectivity index (χ3n) is 3.56. The van der Waals surface area contributed by atoms with Gasteiger partial charge in [-0.05, 0) is 31.4 Å². The Bertz CT molecular complexity index is 742. The van der Waals surface area contributed by atoms with E-state index in [1.165, 1.54) is 0 Å². The molecule has 0 saturated heterocycles. The molecule has 0 fully saturated rings. The van der Waals surface area contributed by atoms with Gasteiger partial charge >= 0.3 is 0 Å². The van der Waals surface area contributed by atoms with E-state index in [1.54, 1.807) is 0 Å². The lowest BCUT2D eigenvalue weighted by Crippen LogP contribution is -2.02. The number of hydrogen-bond acceptors (Lipinski definition) is 4. The van der Waals surface area contributed by atoms with E-state index < -0.39 is 0 Å². The number of pyridine rings is 1. The summed E-state index contributed by atoms with van der Waals surface area (Å²) in [6.07, 6.45) is 6.99. The van der Waals surface area contributed by atoms with Gasteiger partial charge in [-0.25, -0.2) is 15.0 Å². The predicted molar refractivity (Wildman–Crippen MR) is 72.7 cm³/mol. The third-order valence-corrected chi connectivity index (χ3v) is 3.56. The monoisotopic (exact) mass is 251 g/mol. The lowest BCUT2D eigenvalue weighted by atomic mass is 10.2. The van der Waals surface area contributed by atoms with Gasteiger partial charge in [0, 0.05) is 23.7 Å². The fraction of sp³-hybridized carbons (Fsp3) is 0.214. The van der Waals surface area contributed by atoms with Crippen molar-refractivity contribution in [2.45, 2.75) is 19.3 Å². The number of aryl methyl sites for hydroxylation is 1. The van der Waals surface area contributed by atoms with Gasteiger partial charge in [0.1, 0.15) is 17.2 Å². The van der Waals surface area contributed by atoms with Crippen LogP contribution in [0.1, 0.15) is 17.7 Å².